The molecule has 1 saturated heterocycles. The van der Waals surface area contributed by atoms with Crippen LogP contribution in [0.4, 0.5) is 10.2 Å². The van der Waals surface area contributed by atoms with Crippen LogP contribution in [0.3, 0.4) is 0 Å². The lowest BCUT2D eigenvalue weighted by atomic mass is 10.0. The number of hydrogen-bond donors (Lipinski definition) is 1. The molecule has 0 bridgehead atoms. The monoisotopic (exact) mass is 295 g/mol. The zero-order valence-electron chi connectivity index (χ0n) is 12.9. The fraction of sp³-hybridized carbons (Fsp3) is 0.600. The molecule has 2 rings (SSSR count). The van der Waals surface area contributed by atoms with E-state index < -0.39 is 11.4 Å². The molecule has 1 aliphatic heterocycles. The Balaban J connectivity index is 2.26. The summed E-state index contributed by atoms with van der Waals surface area (Å²) in [5.74, 6) is -0.803. The number of nitrogens with one attached hydrogen (secondary N) is 1. The molecule has 1 atom stereocenters. The minimum Gasteiger partial charge on any atom is -0.369 e. The first-order valence-corrected chi connectivity index (χ1v) is 7.19. The van der Waals surface area contributed by atoms with E-state index in [1.807, 2.05) is 27.7 Å². The Hall–Kier alpha value is -1.69. The maximum atomic E-state index is 14.4. The Bertz CT molecular complexity index is 534. The molecule has 0 saturated carbocycles. The van der Waals surface area contributed by atoms with Gasteiger partial charge in [0.2, 0.25) is 0 Å². The quantitative estimate of drug-likeness (QED) is 0.929. The Morgan fingerprint density at radius 3 is 2.95 bits per heavy atom. The number of nitrogens with zero attached hydrogens (tertiary/aromatic N) is 2. The van der Waals surface area contributed by atoms with E-state index in [2.05, 4.69) is 10.3 Å². The number of hydrogen-bond acceptors (Lipinski definition) is 4. The van der Waals surface area contributed by atoms with Crippen LogP contribution in [0.15, 0.2) is 12.3 Å². The first-order valence-electron chi connectivity index (χ1n) is 7.19. The molecule has 1 unspecified atom stereocenters. The summed E-state index contributed by atoms with van der Waals surface area (Å²) in [6.45, 7) is 9.06. The van der Waals surface area contributed by atoms with Crippen molar-refractivity contribution >= 4 is 11.7 Å². The van der Waals surface area contributed by atoms with Crippen molar-refractivity contribution in [1.29, 1.82) is 0 Å². The van der Waals surface area contributed by atoms with E-state index in [4.69, 9.17) is 4.74 Å². The van der Waals surface area contributed by atoms with E-state index in [1.165, 1.54) is 12.3 Å². The molecule has 1 amide bonds. The van der Waals surface area contributed by atoms with E-state index in [0.29, 0.717) is 19.6 Å². The Morgan fingerprint density at radius 1 is 1.62 bits per heavy atom. The van der Waals surface area contributed by atoms with Crippen molar-refractivity contribution < 1.29 is 13.9 Å². The average molecular weight is 295 g/mol. The third-order valence-electron chi connectivity index (χ3n) is 3.32. The molecule has 0 radical (unpaired) electrons. The zero-order valence-corrected chi connectivity index (χ0v) is 12.9. The van der Waals surface area contributed by atoms with Gasteiger partial charge in [-0.1, -0.05) is 0 Å². The Kier molecular flexibility index (Phi) is 4.46. The number of carbonyl (C=O) groups is 1. The second kappa shape index (κ2) is 5.97. The van der Waals surface area contributed by atoms with Gasteiger partial charge in [-0.15, -0.1) is 0 Å². The van der Waals surface area contributed by atoms with Gasteiger partial charge in [-0.3, -0.25) is 4.79 Å². The molecule has 21 heavy (non-hydrogen) atoms. The van der Waals surface area contributed by atoms with Crippen LogP contribution in [0.5, 0.6) is 0 Å². The summed E-state index contributed by atoms with van der Waals surface area (Å²) in [6, 6.07) is 1.42. The predicted molar refractivity (Wildman–Crippen MR) is 78.9 cm³/mol. The number of amides is 1. The van der Waals surface area contributed by atoms with Gasteiger partial charge < -0.3 is 15.0 Å². The molecule has 1 N–H and O–H groups in total. The second-order valence-corrected chi connectivity index (χ2v) is 5.93. The minimum atomic E-state index is -0.596. The van der Waals surface area contributed by atoms with Gasteiger partial charge in [0, 0.05) is 25.8 Å². The third-order valence-corrected chi connectivity index (χ3v) is 3.32. The topological polar surface area (TPSA) is 54.5 Å². The molecule has 1 aromatic heterocycles. The number of rotatable bonds is 3. The zero-order chi connectivity index (χ0) is 15.6. The number of halogens is 1. The molecule has 0 spiro atoms. The van der Waals surface area contributed by atoms with Crippen LogP contribution < -0.4 is 5.32 Å². The Labute approximate surface area is 124 Å². The van der Waals surface area contributed by atoms with Gasteiger partial charge in [0.1, 0.15) is 0 Å². The summed E-state index contributed by atoms with van der Waals surface area (Å²) in [5.41, 5.74) is -0.382. The maximum absolute atomic E-state index is 14.4. The molecule has 2 heterocycles. The molecule has 1 fully saturated rings. The van der Waals surface area contributed by atoms with Gasteiger partial charge in [0.15, 0.2) is 11.6 Å². The van der Waals surface area contributed by atoms with Gasteiger partial charge >= 0.3 is 0 Å². The van der Waals surface area contributed by atoms with Gasteiger partial charge in [0.25, 0.3) is 5.91 Å². The van der Waals surface area contributed by atoms with E-state index in [9.17, 15) is 9.18 Å². The van der Waals surface area contributed by atoms with Gasteiger partial charge in [-0.2, -0.15) is 0 Å². The number of ether oxygens (including phenoxy) is 1. The van der Waals surface area contributed by atoms with Crippen molar-refractivity contribution in [1.82, 2.24) is 9.88 Å². The van der Waals surface area contributed by atoms with Crippen LogP contribution in [-0.2, 0) is 4.74 Å². The van der Waals surface area contributed by atoms with Crippen LogP contribution in [-0.4, -0.2) is 47.1 Å². The van der Waals surface area contributed by atoms with Gasteiger partial charge in [-0.05, 0) is 33.8 Å². The summed E-state index contributed by atoms with van der Waals surface area (Å²) in [5, 5.41) is 2.82. The second-order valence-electron chi connectivity index (χ2n) is 5.93. The maximum Gasteiger partial charge on any atom is 0.257 e. The predicted octanol–water partition coefficient (Wildman–Crippen LogP) is 2.29. The van der Waals surface area contributed by atoms with E-state index in [-0.39, 0.29) is 23.4 Å². The van der Waals surface area contributed by atoms with Crippen molar-refractivity contribution in [2.24, 2.45) is 0 Å². The molecule has 1 aliphatic rings. The standard InChI is InChI=1S/C15H22FN3O2/c1-5-17-13-12(16)11(6-7-18-13)14(20)19-8-10(2)21-15(3,4)9-19/h6-7,10H,5,8-9H2,1-4H3,(H,17,18). The molecular formula is C15H22FN3O2. The fourth-order valence-electron chi connectivity index (χ4n) is 2.68. The fourth-order valence-corrected chi connectivity index (χ4v) is 2.68. The van der Waals surface area contributed by atoms with E-state index >= 15 is 0 Å². The summed E-state index contributed by atoms with van der Waals surface area (Å²) in [6.07, 6.45) is 1.37. The highest BCUT2D eigenvalue weighted by Gasteiger charge is 2.35. The number of pyridine rings is 1. The summed E-state index contributed by atoms with van der Waals surface area (Å²) < 4.78 is 20.1. The van der Waals surface area contributed by atoms with Gasteiger partial charge in [0.05, 0.1) is 17.3 Å². The van der Waals surface area contributed by atoms with Gasteiger partial charge in [-0.25, -0.2) is 9.37 Å². The lowest BCUT2D eigenvalue weighted by Crippen LogP contribution is -2.53. The summed E-state index contributed by atoms with van der Waals surface area (Å²) >= 11 is 0. The molecule has 6 heteroatoms. The normalized spacial score (nSPS) is 21.2. The molecule has 0 aromatic carbocycles. The van der Waals surface area contributed by atoms with Crippen molar-refractivity contribution in [3.05, 3.63) is 23.6 Å². The number of carbonyl (C=O) groups excluding carboxylic acids is 1. The minimum absolute atomic E-state index is 0.0471. The molecule has 116 valence electrons. The van der Waals surface area contributed by atoms with Crippen LogP contribution >= 0.6 is 0 Å². The first-order chi connectivity index (χ1) is 9.84. The van der Waals surface area contributed by atoms with Crippen LogP contribution in [0, 0.1) is 5.82 Å². The Morgan fingerprint density at radius 2 is 2.33 bits per heavy atom. The SMILES string of the molecule is CCNc1nccc(C(=O)N2CC(C)OC(C)(C)C2)c1F. The van der Waals surface area contributed by atoms with Crippen LogP contribution in [0.1, 0.15) is 38.1 Å². The smallest absolute Gasteiger partial charge is 0.257 e. The van der Waals surface area contributed by atoms with Crippen molar-refractivity contribution in [2.45, 2.75) is 39.4 Å². The van der Waals surface area contributed by atoms with E-state index in [0.717, 1.165) is 0 Å². The van der Waals surface area contributed by atoms with Crippen LogP contribution in [0.25, 0.3) is 0 Å². The number of aromatic nitrogens is 1. The molecule has 5 nitrogen and oxygen atoms in total. The highest BCUT2D eigenvalue weighted by atomic mass is 19.1. The highest BCUT2D eigenvalue weighted by molar-refractivity contribution is 5.95. The van der Waals surface area contributed by atoms with Crippen molar-refractivity contribution in [2.75, 3.05) is 25.0 Å². The van der Waals surface area contributed by atoms with Crippen LogP contribution in [0.2, 0.25) is 0 Å². The highest BCUT2D eigenvalue weighted by Crippen LogP contribution is 2.24. The van der Waals surface area contributed by atoms with Crippen molar-refractivity contribution in [3.8, 4) is 0 Å². The van der Waals surface area contributed by atoms with Crippen molar-refractivity contribution in [3.63, 3.8) is 0 Å². The lowest BCUT2D eigenvalue weighted by molar-refractivity contribution is -0.118. The molecule has 0 aliphatic carbocycles. The van der Waals surface area contributed by atoms with E-state index in [1.54, 1.807) is 4.90 Å². The summed E-state index contributed by atoms with van der Waals surface area (Å²) in [4.78, 5) is 18.1. The molecular weight excluding hydrogens is 273 g/mol. The number of anilines is 1. The largest absolute Gasteiger partial charge is 0.369 e. The lowest BCUT2D eigenvalue weighted by Gasteiger charge is -2.41. The molecule has 1 aromatic rings. The number of morpholine rings is 1. The third kappa shape index (κ3) is 3.50. The first kappa shape index (κ1) is 15.7. The summed E-state index contributed by atoms with van der Waals surface area (Å²) in [7, 11) is 0. The average Bonchev–Trinajstić information content (AvgIpc) is 2.38.